The van der Waals surface area contributed by atoms with E-state index in [1.807, 2.05) is 19.1 Å². The summed E-state index contributed by atoms with van der Waals surface area (Å²) < 4.78 is 16.7. The molecule has 0 aliphatic heterocycles. The Balaban J connectivity index is 2.19. The van der Waals surface area contributed by atoms with Gasteiger partial charge in [0.05, 0.1) is 27.2 Å². The number of nitrogens with zero attached hydrogens (tertiary/aromatic N) is 1. The van der Waals surface area contributed by atoms with Gasteiger partial charge in [0.15, 0.2) is 0 Å². The van der Waals surface area contributed by atoms with Crippen LogP contribution in [0.2, 0.25) is 5.02 Å². The second-order valence-corrected chi connectivity index (χ2v) is 10.0. The largest absolute Gasteiger partial charge is 0.396 e. The number of aliphatic hydroxyl groups excluding tert-OH is 1. The van der Waals surface area contributed by atoms with E-state index in [4.69, 9.17) is 16.7 Å². The fraction of sp³-hybridized carbons (Fsp3) is 0.526. The Kier molecular flexibility index (Phi) is 8.36. The van der Waals surface area contributed by atoms with Gasteiger partial charge in [0.25, 0.3) is 0 Å². The molecule has 28 heavy (non-hydrogen) atoms. The molecule has 3 N–H and O–H groups in total. The third-order valence-electron chi connectivity index (χ3n) is 4.80. The summed E-state index contributed by atoms with van der Waals surface area (Å²) in [5, 5.41) is 13.0. The van der Waals surface area contributed by atoms with Crippen LogP contribution in [0.15, 0.2) is 34.6 Å². The van der Waals surface area contributed by atoms with E-state index < -0.39 is 11.0 Å². The normalized spacial score (nSPS) is 17.6. The van der Waals surface area contributed by atoms with E-state index in [0.29, 0.717) is 23.6 Å². The smallest absolute Gasteiger partial charge is 0.223 e. The van der Waals surface area contributed by atoms with Crippen LogP contribution in [-0.2, 0) is 15.8 Å². The van der Waals surface area contributed by atoms with Crippen molar-refractivity contribution in [2.45, 2.75) is 50.3 Å². The van der Waals surface area contributed by atoms with Gasteiger partial charge in [0, 0.05) is 31.3 Å². The van der Waals surface area contributed by atoms with Gasteiger partial charge in [-0.05, 0) is 50.8 Å². The highest BCUT2D eigenvalue weighted by molar-refractivity contribution is 9.10. The number of amides is 1. The van der Waals surface area contributed by atoms with Gasteiger partial charge in [0.2, 0.25) is 5.91 Å². The first kappa shape index (κ1) is 23.2. The Morgan fingerprint density at radius 3 is 2.71 bits per heavy atom. The number of carbonyl (C=O) groups excluding carboxylic acids is 1. The number of nitrogens with one attached hydrogen (secondary N) is 2. The van der Waals surface area contributed by atoms with Gasteiger partial charge in [-0.3, -0.25) is 4.79 Å². The molecular formula is C19H27BrClN3O3S. The zero-order valence-electron chi connectivity index (χ0n) is 16.3. The van der Waals surface area contributed by atoms with Crippen LogP contribution < -0.4 is 10.0 Å². The summed E-state index contributed by atoms with van der Waals surface area (Å²) in [6.07, 6.45) is 4.72. The molecule has 0 aromatic heterocycles. The molecule has 0 heterocycles. The highest BCUT2D eigenvalue weighted by Gasteiger charge is 2.48. The number of aliphatic hydroxyl groups is 1. The predicted molar refractivity (Wildman–Crippen MR) is 118 cm³/mol. The van der Waals surface area contributed by atoms with Crippen molar-refractivity contribution in [3.8, 4) is 0 Å². The molecule has 0 spiro atoms. The fourth-order valence-corrected chi connectivity index (χ4v) is 4.92. The molecule has 156 valence electrons. The van der Waals surface area contributed by atoms with Crippen LogP contribution in [0.1, 0.15) is 39.5 Å². The highest BCUT2D eigenvalue weighted by Crippen LogP contribution is 2.45. The molecule has 2 rings (SSSR count). The predicted octanol–water partition coefficient (Wildman–Crippen LogP) is 3.78. The fourth-order valence-electron chi connectivity index (χ4n) is 2.73. The molecule has 2 unspecified atom stereocenters. The Labute approximate surface area is 182 Å². The topological polar surface area (TPSA) is 81.7 Å². The molecule has 1 aromatic carbocycles. The van der Waals surface area contributed by atoms with Gasteiger partial charge in [-0.1, -0.05) is 27.5 Å². The Bertz CT molecular complexity index is 771. The van der Waals surface area contributed by atoms with Crippen molar-refractivity contribution < 1.29 is 14.1 Å². The van der Waals surface area contributed by atoms with E-state index in [9.17, 15) is 9.00 Å². The quantitative estimate of drug-likeness (QED) is 0.464. The van der Waals surface area contributed by atoms with Gasteiger partial charge in [-0.25, -0.2) is 4.21 Å². The summed E-state index contributed by atoms with van der Waals surface area (Å²) in [6, 6.07) is 5.26. The average Bonchev–Trinajstić information content (AvgIpc) is 3.42. The molecule has 0 saturated heterocycles. The van der Waals surface area contributed by atoms with Crippen LogP contribution in [-0.4, -0.2) is 44.6 Å². The molecule has 1 saturated carbocycles. The van der Waals surface area contributed by atoms with Crippen LogP contribution in [0.4, 0.5) is 5.69 Å². The highest BCUT2D eigenvalue weighted by atomic mass is 79.9. The second-order valence-electron chi connectivity index (χ2n) is 7.09. The van der Waals surface area contributed by atoms with Crippen molar-refractivity contribution in [3.63, 3.8) is 0 Å². The van der Waals surface area contributed by atoms with Crippen LogP contribution in [0.25, 0.3) is 0 Å². The molecule has 1 aromatic rings. The van der Waals surface area contributed by atoms with E-state index in [-0.39, 0.29) is 23.3 Å². The lowest BCUT2D eigenvalue weighted by molar-refractivity contribution is -0.125. The van der Waals surface area contributed by atoms with E-state index >= 15 is 0 Å². The van der Waals surface area contributed by atoms with Crippen LogP contribution in [0.3, 0.4) is 0 Å². The van der Waals surface area contributed by atoms with Crippen molar-refractivity contribution in [1.82, 2.24) is 9.62 Å². The van der Waals surface area contributed by atoms with Gasteiger partial charge in [-0.2, -0.15) is 0 Å². The number of anilines is 1. The summed E-state index contributed by atoms with van der Waals surface area (Å²) >= 11 is 9.68. The van der Waals surface area contributed by atoms with Gasteiger partial charge in [0.1, 0.15) is 11.0 Å². The van der Waals surface area contributed by atoms with Crippen molar-refractivity contribution >= 4 is 50.1 Å². The van der Waals surface area contributed by atoms with Crippen molar-refractivity contribution in [3.05, 3.63) is 39.6 Å². The minimum Gasteiger partial charge on any atom is -0.396 e. The van der Waals surface area contributed by atoms with E-state index in [2.05, 4.69) is 26.0 Å². The van der Waals surface area contributed by atoms with E-state index in [1.165, 1.54) is 11.8 Å². The molecule has 1 aliphatic carbocycles. The van der Waals surface area contributed by atoms with Gasteiger partial charge in [-0.15, -0.1) is 0 Å². The number of halogens is 2. The standard InChI is InChI=1S/C19H27BrClN3O3S/c1-13(22-17-6-5-15(20)11-16(17)21)18(12-24(3)14(2)26)23-28(27)19(8-9-19)7-4-10-25/h5-6,11-13,22-23,25H,4,7-10H2,1-3H3/b18-12+. The summed E-state index contributed by atoms with van der Waals surface area (Å²) in [5.41, 5.74) is 1.37. The van der Waals surface area contributed by atoms with Crippen LogP contribution in [0.5, 0.6) is 0 Å². The summed E-state index contributed by atoms with van der Waals surface area (Å²) in [7, 11) is 0.342. The van der Waals surface area contributed by atoms with E-state index in [1.54, 1.807) is 19.3 Å². The number of hydrogen-bond acceptors (Lipinski definition) is 4. The maximum absolute atomic E-state index is 13.0. The molecule has 9 heteroatoms. The Morgan fingerprint density at radius 1 is 1.50 bits per heavy atom. The molecule has 1 aliphatic rings. The summed E-state index contributed by atoms with van der Waals surface area (Å²) in [4.78, 5) is 13.1. The number of rotatable bonds is 10. The number of carbonyl (C=O) groups is 1. The van der Waals surface area contributed by atoms with Gasteiger partial charge < -0.3 is 20.0 Å². The van der Waals surface area contributed by atoms with Gasteiger partial charge >= 0.3 is 0 Å². The van der Waals surface area contributed by atoms with E-state index in [0.717, 1.165) is 23.0 Å². The number of hydrogen-bond donors (Lipinski definition) is 3. The summed E-state index contributed by atoms with van der Waals surface area (Å²) in [6.45, 7) is 3.48. The first-order valence-electron chi connectivity index (χ1n) is 9.14. The zero-order valence-corrected chi connectivity index (χ0v) is 19.5. The molecular weight excluding hydrogens is 466 g/mol. The SMILES string of the molecule is CC(=O)N(C)/C=C(/NS(=O)C1(CCCO)CC1)C(C)Nc1ccc(Br)cc1Cl. The zero-order chi connectivity index (χ0) is 20.9. The number of benzene rings is 1. The maximum Gasteiger partial charge on any atom is 0.223 e. The second kappa shape index (κ2) is 10.1. The van der Waals surface area contributed by atoms with Crippen molar-refractivity contribution in [1.29, 1.82) is 0 Å². The van der Waals surface area contributed by atoms with Crippen LogP contribution >= 0.6 is 27.5 Å². The lowest BCUT2D eigenvalue weighted by atomic mass is 10.2. The molecule has 1 amide bonds. The molecule has 6 nitrogen and oxygen atoms in total. The minimum atomic E-state index is -1.32. The third kappa shape index (κ3) is 6.20. The van der Waals surface area contributed by atoms with Crippen molar-refractivity contribution in [2.24, 2.45) is 0 Å². The average molecular weight is 493 g/mol. The third-order valence-corrected chi connectivity index (χ3v) is 7.43. The lowest BCUT2D eigenvalue weighted by Gasteiger charge is -2.25. The molecule has 0 radical (unpaired) electrons. The van der Waals surface area contributed by atoms with Crippen molar-refractivity contribution in [2.75, 3.05) is 19.0 Å². The first-order chi connectivity index (χ1) is 13.2. The Morgan fingerprint density at radius 2 is 2.18 bits per heavy atom. The molecule has 1 fully saturated rings. The monoisotopic (exact) mass is 491 g/mol. The minimum absolute atomic E-state index is 0.0920. The lowest BCUT2D eigenvalue weighted by Crippen LogP contribution is -2.37. The molecule has 2 atom stereocenters. The Hall–Kier alpha value is -1.09. The molecule has 0 bridgehead atoms. The maximum atomic E-state index is 13.0. The first-order valence-corrected chi connectivity index (χ1v) is 11.5. The van der Waals surface area contributed by atoms with Crippen LogP contribution in [0, 0.1) is 0 Å². The summed E-state index contributed by atoms with van der Waals surface area (Å²) in [5.74, 6) is -0.125.